The second-order valence-electron chi connectivity index (χ2n) is 6.08. The highest BCUT2D eigenvalue weighted by atomic mass is 35.5. The molecule has 0 bridgehead atoms. The van der Waals surface area contributed by atoms with Gasteiger partial charge in [0.25, 0.3) is 10.1 Å². The molecule has 3 N–H and O–H groups in total. The molecule has 0 aliphatic heterocycles. The number of halogens is 4. The van der Waals surface area contributed by atoms with Crippen LogP contribution in [0.1, 0.15) is 16.7 Å². The number of phenolic OH excluding ortho intramolecular Hbond substituents is 2. The summed E-state index contributed by atoms with van der Waals surface area (Å²) in [5.74, 6) is -0.980. The van der Waals surface area contributed by atoms with Crippen LogP contribution in [0, 0.1) is 0 Å². The number of hydrogen-bond acceptors (Lipinski definition) is 4. The first-order valence-electron chi connectivity index (χ1n) is 7.89. The Bertz CT molecular complexity index is 1200. The highest BCUT2D eigenvalue weighted by Gasteiger charge is 2.52. The predicted octanol–water partition coefficient (Wildman–Crippen LogP) is 5.89. The van der Waals surface area contributed by atoms with Gasteiger partial charge in [-0.15, -0.1) is 0 Å². The summed E-state index contributed by atoms with van der Waals surface area (Å²) in [7, 11) is -5.14. The van der Waals surface area contributed by atoms with Crippen LogP contribution in [-0.2, 0) is 14.9 Å². The summed E-state index contributed by atoms with van der Waals surface area (Å²) in [5.41, 5.74) is -0.719. The molecule has 29 heavy (non-hydrogen) atoms. The lowest BCUT2D eigenvalue weighted by Crippen LogP contribution is -2.39. The molecule has 0 saturated heterocycles. The third-order valence-corrected chi connectivity index (χ3v) is 7.02. The maximum atomic E-state index is 13.0. The van der Waals surface area contributed by atoms with E-state index in [0.29, 0.717) is 5.02 Å². The summed E-state index contributed by atoms with van der Waals surface area (Å²) in [6.07, 6.45) is 0. The van der Waals surface area contributed by atoms with Crippen molar-refractivity contribution in [1.82, 2.24) is 0 Å². The first-order valence-corrected chi connectivity index (χ1v) is 10.8. The van der Waals surface area contributed by atoms with Gasteiger partial charge < -0.3 is 10.2 Å². The molecule has 3 aromatic rings. The summed E-state index contributed by atoms with van der Waals surface area (Å²) in [6, 6.07) is 11.5. The summed E-state index contributed by atoms with van der Waals surface area (Å²) in [4.78, 5) is 0. The van der Waals surface area contributed by atoms with Gasteiger partial charge in [0.05, 0.1) is 5.02 Å². The second-order valence-corrected chi connectivity index (χ2v) is 9.30. The van der Waals surface area contributed by atoms with Gasteiger partial charge in [0.15, 0.2) is 4.75 Å². The fraction of sp³-hybridized carbons (Fsp3) is 0.0526. The standard InChI is InChI=1S/C19H12Cl4O5S/c20-11-3-1-10(2-4-11)19(29(26,27)28,13-9-12(21)5-7-15(13)24)17-14(22)6-8-16(25)18(17)23/h1-9,24-25H,(H,26,27,28). The fourth-order valence-corrected chi connectivity index (χ4v) is 5.60. The lowest BCUT2D eigenvalue weighted by Gasteiger charge is -2.34. The average molecular weight is 494 g/mol. The Morgan fingerprint density at radius 2 is 1.31 bits per heavy atom. The molecule has 0 spiro atoms. The van der Waals surface area contributed by atoms with E-state index in [2.05, 4.69) is 0 Å². The molecule has 1 unspecified atom stereocenters. The number of benzene rings is 3. The molecule has 0 amide bonds. The molecule has 0 fully saturated rings. The zero-order chi connectivity index (χ0) is 21.6. The van der Waals surface area contributed by atoms with Crippen molar-refractivity contribution in [2.24, 2.45) is 0 Å². The topological polar surface area (TPSA) is 94.8 Å². The van der Waals surface area contributed by atoms with Crippen LogP contribution in [0.15, 0.2) is 54.6 Å². The Labute approximate surface area is 186 Å². The first kappa shape index (κ1) is 22.0. The zero-order valence-electron chi connectivity index (χ0n) is 14.3. The maximum absolute atomic E-state index is 13.0. The van der Waals surface area contributed by atoms with E-state index in [-0.39, 0.29) is 26.7 Å². The van der Waals surface area contributed by atoms with Crippen molar-refractivity contribution < 1.29 is 23.2 Å². The number of hydrogen-bond donors (Lipinski definition) is 3. The van der Waals surface area contributed by atoms with Crippen LogP contribution in [0.3, 0.4) is 0 Å². The van der Waals surface area contributed by atoms with Crippen LogP contribution in [0.5, 0.6) is 11.5 Å². The average Bonchev–Trinajstić information content (AvgIpc) is 2.64. The van der Waals surface area contributed by atoms with Crippen LogP contribution in [0.25, 0.3) is 0 Å². The fourth-order valence-electron chi connectivity index (χ4n) is 3.19. The first-order chi connectivity index (χ1) is 13.5. The minimum Gasteiger partial charge on any atom is -0.508 e. The van der Waals surface area contributed by atoms with E-state index in [1.807, 2.05) is 0 Å². The monoisotopic (exact) mass is 492 g/mol. The van der Waals surface area contributed by atoms with Crippen LogP contribution in [0.2, 0.25) is 20.1 Å². The Morgan fingerprint density at radius 1 is 0.759 bits per heavy atom. The quantitative estimate of drug-likeness (QED) is 0.311. The van der Waals surface area contributed by atoms with E-state index < -0.39 is 31.4 Å². The highest BCUT2D eigenvalue weighted by molar-refractivity contribution is 7.87. The van der Waals surface area contributed by atoms with E-state index >= 15 is 0 Å². The van der Waals surface area contributed by atoms with Gasteiger partial charge in [-0.05, 0) is 48.0 Å². The number of rotatable bonds is 4. The molecule has 0 aliphatic carbocycles. The van der Waals surface area contributed by atoms with Crippen LogP contribution < -0.4 is 0 Å². The van der Waals surface area contributed by atoms with Crippen molar-refractivity contribution in [3.05, 3.63) is 91.4 Å². The minimum atomic E-state index is -5.14. The van der Waals surface area contributed by atoms with E-state index in [9.17, 15) is 23.2 Å². The maximum Gasteiger partial charge on any atom is 0.283 e. The Kier molecular flexibility index (Phi) is 5.98. The molecule has 0 aromatic heterocycles. The SMILES string of the molecule is O=S(=O)(O)C(c1ccc(Cl)cc1)(c1cc(Cl)ccc1O)c1c(Cl)ccc(O)c1Cl. The Balaban J connectivity index is 2.65. The molecule has 1 atom stereocenters. The van der Waals surface area contributed by atoms with Crippen LogP contribution in [0.4, 0.5) is 0 Å². The third kappa shape index (κ3) is 3.65. The molecule has 0 saturated carbocycles. The van der Waals surface area contributed by atoms with Crippen molar-refractivity contribution in [3.63, 3.8) is 0 Å². The molecule has 3 aromatic carbocycles. The lowest BCUT2D eigenvalue weighted by atomic mass is 9.83. The van der Waals surface area contributed by atoms with E-state index in [1.165, 1.54) is 42.5 Å². The zero-order valence-corrected chi connectivity index (χ0v) is 18.1. The molecule has 3 rings (SSSR count). The van der Waals surface area contributed by atoms with E-state index in [0.717, 1.165) is 12.1 Å². The molecule has 0 radical (unpaired) electrons. The van der Waals surface area contributed by atoms with Gasteiger partial charge in [0.2, 0.25) is 0 Å². The van der Waals surface area contributed by atoms with Crippen molar-refractivity contribution in [3.8, 4) is 11.5 Å². The second kappa shape index (κ2) is 7.87. The van der Waals surface area contributed by atoms with Gasteiger partial charge in [-0.1, -0.05) is 58.5 Å². The predicted molar refractivity (Wildman–Crippen MR) is 114 cm³/mol. The van der Waals surface area contributed by atoms with Crippen molar-refractivity contribution >= 4 is 56.5 Å². The van der Waals surface area contributed by atoms with E-state index in [4.69, 9.17) is 46.4 Å². The molecule has 152 valence electrons. The summed E-state index contributed by atoms with van der Waals surface area (Å²) >= 11 is 24.6. The van der Waals surface area contributed by atoms with Gasteiger partial charge >= 0.3 is 0 Å². The number of phenols is 2. The van der Waals surface area contributed by atoms with Gasteiger partial charge in [-0.3, -0.25) is 4.55 Å². The molecular weight excluding hydrogens is 482 g/mol. The van der Waals surface area contributed by atoms with Crippen LogP contribution in [-0.4, -0.2) is 23.2 Å². The molecule has 5 nitrogen and oxygen atoms in total. The summed E-state index contributed by atoms with van der Waals surface area (Å²) in [5, 5.41) is 20.5. The summed E-state index contributed by atoms with van der Waals surface area (Å²) < 4.78 is 33.9. The number of aromatic hydroxyl groups is 2. The lowest BCUT2D eigenvalue weighted by molar-refractivity contribution is 0.439. The van der Waals surface area contributed by atoms with Gasteiger partial charge in [0.1, 0.15) is 11.5 Å². The summed E-state index contributed by atoms with van der Waals surface area (Å²) in [6.45, 7) is 0. The highest BCUT2D eigenvalue weighted by Crippen LogP contribution is 2.53. The van der Waals surface area contributed by atoms with Gasteiger partial charge in [0, 0.05) is 26.2 Å². The van der Waals surface area contributed by atoms with E-state index in [1.54, 1.807) is 0 Å². The molecule has 0 aliphatic rings. The minimum absolute atomic E-state index is 0.0450. The molecule has 0 heterocycles. The molecular formula is C19H12Cl4O5S. The Morgan fingerprint density at radius 3 is 1.90 bits per heavy atom. The van der Waals surface area contributed by atoms with Gasteiger partial charge in [-0.2, -0.15) is 8.42 Å². The molecule has 10 heteroatoms. The van der Waals surface area contributed by atoms with Crippen molar-refractivity contribution in [2.75, 3.05) is 0 Å². The van der Waals surface area contributed by atoms with Crippen LogP contribution >= 0.6 is 46.4 Å². The van der Waals surface area contributed by atoms with Crippen molar-refractivity contribution in [1.29, 1.82) is 0 Å². The smallest absolute Gasteiger partial charge is 0.283 e. The largest absolute Gasteiger partial charge is 0.508 e. The van der Waals surface area contributed by atoms with Crippen molar-refractivity contribution in [2.45, 2.75) is 4.75 Å². The third-order valence-electron chi connectivity index (χ3n) is 4.40. The Hall–Kier alpha value is -1.67. The van der Waals surface area contributed by atoms with Gasteiger partial charge in [-0.25, -0.2) is 0 Å². The normalized spacial score (nSPS) is 13.8.